The van der Waals surface area contributed by atoms with Crippen LogP contribution >= 0.6 is 0 Å². The van der Waals surface area contributed by atoms with Crippen LogP contribution in [0.25, 0.3) is 0 Å². The Bertz CT molecular complexity index is 354. The second-order valence-corrected chi connectivity index (χ2v) is 5.46. The van der Waals surface area contributed by atoms with Crippen LogP contribution in [0, 0.1) is 5.92 Å². The summed E-state index contributed by atoms with van der Waals surface area (Å²) >= 11 is 0. The number of nitrogens with two attached hydrogens (primary N) is 1. The maximum atomic E-state index is 12.3. The lowest BCUT2D eigenvalue weighted by Crippen LogP contribution is -2.54. The van der Waals surface area contributed by atoms with Gasteiger partial charge in [0.2, 0.25) is 5.91 Å². The van der Waals surface area contributed by atoms with Crippen LogP contribution in [0.1, 0.15) is 39.5 Å². The minimum Gasteiger partial charge on any atom is -0.481 e. The molecule has 2 aliphatic heterocycles. The van der Waals surface area contributed by atoms with E-state index in [1.807, 2.05) is 6.92 Å². The van der Waals surface area contributed by atoms with Crippen molar-refractivity contribution in [3.63, 3.8) is 0 Å². The Hall–Kier alpha value is -1.10. The minimum atomic E-state index is -0.867. The van der Waals surface area contributed by atoms with E-state index in [0.717, 1.165) is 12.8 Å². The first kappa shape index (κ1) is 12.4. The van der Waals surface area contributed by atoms with E-state index in [4.69, 9.17) is 10.8 Å². The van der Waals surface area contributed by atoms with Gasteiger partial charge in [0.05, 0.1) is 11.5 Å². The minimum absolute atomic E-state index is 0.0861. The lowest BCUT2D eigenvalue weighted by atomic mass is 9.89. The maximum absolute atomic E-state index is 12.3. The second kappa shape index (κ2) is 3.98. The first-order valence-electron chi connectivity index (χ1n) is 6.23. The number of carbonyl (C=O) groups is 2. The van der Waals surface area contributed by atoms with Crippen LogP contribution in [0.15, 0.2) is 0 Å². The van der Waals surface area contributed by atoms with E-state index in [0.29, 0.717) is 12.8 Å². The average Bonchev–Trinajstić information content (AvgIpc) is 2.84. The number of hydrogen-bond donors (Lipinski definition) is 2. The molecule has 4 atom stereocenters. The molecule has 17 heavy (non-hydrogen) atoms. The smallest absolute Gasteiger partial charge is 0.308 e. The Morgan fingerprint density at radius 3 is 2.59 bits per heavy atom. The van der Waals surface area contributed by atoms with Crippen molar-refractivity contribution >= 4 is 11.9 Å². The summed E-state index contributed by atoms with van der Waals surface area (Å²) in [4.78, 5) is 25.2. The number of hydrogen-bond acceptors (Lipinski definition) is 3. The zero-order valence-corrected chi connectivity index (χ0v) is 10.3. The second-order valence-electron chi connectivity index (χ2n) is 5.46. The third-order valence-electron chi connectivity index (χ3n) is 4.31. The first-order chi connectivity index (χ1) is 7.88. The Balaban J connectivity index is 2.19. The number of carbonyl (C=O) groups excluding carboxylic acids is 1. The summed E-state index contributed by atoms with van der Waals surface area (Å²) in [6, 6.07) is -0.0533. The van der Waals surface area contributed by atoms with Crippen molar-refractivity contribution in [1.82, 2.24) is 4.90 Å². The Morgan fingerprint density at radius 1 is 1.47 bits per heavy atom. The van der Waals surface area contributed by atoms with Gasteiger partial charge in [-0.15, -0.1) is 0 Å². The van der Waals surface area contributed by atoms with Gasteiger partial charge in [0, 0.05) is 12.1 Å². The molecule has 2 fully saturated rings. The fourth-order valence-electron chi connectivity index (χ4n) is 3.02. The highest BCUT2D eigenvalue weighted by Gasteiger charge is 2.53. The molecule has 0 aromatic carbocycles. The van der Waals surface area contributed by atoms with Crippen molar-refractivity contribution in [1.29, 1.82) is 0 Å². The van der Waals surface area contributed by atoms with Crippen molar-refractivity contribution in [3.05, 3.63) is 0 Å². The molecule has 3 N–H and O–H groups in total. The normalized spacial score (nSPS) is 34.8. The monoisotopic (exact) mass is 240 g/mol. The number of rotatable bonds is 3. The summed E-state index contributed by atoms with van der Waals surface area (Å²) in [5.41, 5.74) is 5.11. The van der Waals surface area contributed by atoms with Crippen LogP contribution in [-0.2, 0) is 9.59 Å². The average molecular weight is 240 g/mol. The summed E-state index contributed by atoms with van der Waals surface area (Å²) < 4.78 is 0. The molecule has 5 nitrogen and oxygen atoms in total. The van der Waals surface area contributed by atoms with Crippen molar-refractivity contribution in [2.75, 3.05) is 0 Å². The standard InChI is InChI=1S/C12H20N2O3/c1-3-12(2,13)11(17)14-7-4-5-9(14)8(6-7)10(15)16/h7-9H,3-6,13H2,1-2H3,(H,15,16). The van der Waals surface area contributed by atoms with Crippen LogP contribution in [0.5, 0.6) is 0 Å². The summed E-state index contributed by atoms with van der Waals surface area (Å²) in [7, 11) is 0. The van der Waals surface area contributed by atoms with Gasteiger partial charge in [-0.3, -0.25) is 9.59 Å². The van der Waals surface area contributed by atoms with Gasteiger partial charge >= 0.3 is 5.97 Å². The molecule has 0 radical (unpaired) electrons. The molecular weight excluding hydrogens is 220 g/mol. The molecule has 5 heteroatoms. The molecule has 2 rings (SSSR count). The molecule has 2 bridgehead atoms. The largest absolute Gasteiger partial charge is 0.481 e. The van der Waals surface area contributed by atoms with Gasteiger partial charge in [0.15, 0.2) is 0 Å². The highest BCUT2D eigenvalue weighted by atomic mass is 16.4. The van der Waals surface area contributed by atoms with Crippen LogP contribution in [0.4, 0.5) is 0 Å². The van der Waals surface area contributed by atoms with Gasteiger partial charge < -0.3 is 15.7 Å². The lowest BCUT2D eigenvalue weighted by Gasteiger charge is -2.31. The highest BCUT2D eigenvalue weighted by Crippen LogP contribution is 2.42. The lowest BCUT2D eigenvalue weighted by molar-refractivity contribution is -0.144. The SMILES string of the molecule is CCC(C)(N)C(=O)N1C2CCC1C(C(=O)O)C2. The van der Waals surface area contributed by atoms with E-state index < -0.39 is 17.4 Å². The zero-order valence-electron chi connectivity index (χ0n) is 10.3. The van der Waals surface area contributed by atoms with Crippen LogP contribution < -0.4 is 5.73 Å². The summed E-state index contributed by atoms with van der Waals surface area (Å²) in [5, 5.41) is 9.13. The molecule has 0 saturated carbocycles. The van der Waals surface area contributed by atoms with Gasteiger partial charge in [-0.25, -0.2) is 0 Å². The van der Waals surface area contributed by atoms with Crippen molar-refractivity contribution in [3.8, 4) is 0 Å². The molecule has 2 heterocycles. The van der Waals surface area contributed by atoms with Crippen LogP contribution in [0.3, 0.4) is 0 Å². The summed E-state index contributed by atoms with van der Waals surface area (Å²) in [5.74, 6) is -1.27. The number of aliphatic carboxylic acids is 1. The van der Waals surface area contributed by atoms with E-state index in [1.54, 1.807) is 11.8 Å². The molecule has 0 aromatic rings. The quantitative estimate of drug-likeness (QED) is 0.755. The predicted molar refractivity (Wildman–Crippen MR) is 62.3 cm³/mol. The van der Waals surface area contributed by atoms with Crippen molar-refractivity contribution in [2.24, 2.45) is 11.7 Å². The molecule has 0 spiro atoms. The molecule has 0 aromatic heterocycles. The van der Waals surface area contributed by atoms with E-state index >= 15 is 0 Å². The van der Waals surface area contributed by atoms with Crippen LogP contribution in [0.2, 0.25) is 0 Å². The first-order valence-corrected chi connectivity index (χ1v) is 6.23. The zero-order chi connectivity index (χ0) is 12.8. The van der Waals surface area contributed by atoms with Gasteiger partial charge in [-0.05, 0) is 32.6 Å². The maximum Gasteiger partial charge on any atom is 0.308 e. The Kier molecular flexibility index (Phi) is 2.89. The van der Waals surface area contributed by atoms with Crippen molar-refractivity contribution in [2.45, 2.75) is 57.2 Å². The van der Waals surface area contributed by atoms with E-state index in [2.05, 4.69) is 0 Å². The topological polar surface area (TPSA) is 83.6 Å². The Morgan fingerprint density at radius 2 is 2.12 bits per heavy atom. The van der Waals surface area contributed by atoms with Crippen LogP contribution in [-0.4, -0.2) is 39.5 Å². The van der Waals surface area contributed by atoms with E-state index in [1.165, 1.54) is 0 Å². The molecule has 4 unspecified atom stereocenters. The number of carboxylic acids is 1. The third-order valence-corrected chi connectivity index (χ3v) is 4.31. The molecule has 0 aliphatic carbocycles. The van der Waals surface area contributed by atoms with Gasteiger partial charge in [0.1, 0.15) is 0 Å². The molecule has 96 valence electrons. The fraction of sp³-hybridized carbons (Fsp3) is 0.833. The van der Waals surface area contributed by atoms with Gasteiger partial charge in [-0.1, -0.05) is 6.92 Å². The molecule has 2 saturated heterocycles. The Labute approximate surface area is 101 Å². The molecule has 2 aliphatic rings. The van der Waals surface area contributed by atoms with Gasteiger partial charge in [-0.2, -0.15) is 0 Å². The van der Waals surface area contributed by atoms with E-state index in [9.17, 15) is 9.59 Å². The fourth-order valence-corrected chi connectivity index (χ4v) is 3.02. The van der Waals surface area contributed by atoms with E-state index in [-0.39, 0.29) is 18.0 Å². The van der Waals surface area contributed by atoms with Crippen molar-refractivity contribution < 1.29 is 14.7 Å². The highest BCUT2D eigenvalue weighted by molar-refractivity contribution is 5.88. The van der Waals surface area contributed by atoms with Gasteiger partial charge in [0.25, 0.3) is 0 Å². The number of fused-ring (bicyclic) bond motifs is 2. The third kappa shape index (κ3) is 1.82. The summed E-state index contributed by atoms with van der Waals surface area (Å²) in [6.07, 6.45) is 2.87. The number of nitrogens with zero attached hydrogens (tertiary/aromatic N) is 1. The number of amides is 1. The number of carboxylic acid groups (broad SMARTS) is 1. The molecule has 1 amide bonds. The predicted octanol–water partition coefficient (Wildman–Crippen LogP) is 0.578. The molecular formula is C12H20N2O3. The summed E-state index contributed by atoms with van der Waals surface area (Å²) in [6.45, 7) is 3.60.